The average Bonchev–Trinajstić information content (AvgIpc) is 2.43. The summed E-state index contributed by atoms with van der Waals surface area (Å²) in [5.41, 5.74) is 5.82. The first kappa shape index (κ1) is 22.0. The van der Waals surface area contributed by atoms with Gasteiger partial charge in [-0.15, -0.1) is 12.4 Å². The van der Waals surface area contributed by atoms with Crippen molar-refractivity contribution in [2.75, 3.05) is 0 Å². The Morgan fingerprint density at radius 3 is 2.22 bits per heavy atom. The van der Waals surface area contributed by atoms with Gasteiger partial charge in [-0.25, -0.2) is 0 Å². The largest absolute Gasteiger partial charge is 0.486 e. The van der Waals surface area contributed by atoms with Crippen LogP contribution in [0.3, 0.4) is 0 Å². The van der Waals surface area contributed by atoms with Gasteiger partial charge in [-0.2, -0.15) is 0 Å². The van der Waals surface area contributed by atoms with Gasteiger partial charge < -0.3 is 15.2 Å². The van der Waals surface area contributed by atoms with Gasteiger partial charge >= 0.3 is 5.97 Å². The van der Waals surface area contributed by atoms with Crippen molar-refractivity contribution >= 4 is 30.0 Å². The number of carbonyl (C=O) groups excluding carboxylic acids is 1. The van der Waals surface area contributed by atoms with E-state index in [0.717, 1.165) is 0 Å². The van der Waals surface area contributed by atoms with Gasteiger partial charge in [-0.3, -0.25) is 4.79 Å². The number of ether oxygens (including phenoxy) is 2. The molecule has 132 valence electrons. The van der Waals surface area contributed by atoms with Gasteiger partial charge in [-0.05, 0) is 37.0 Å². The Morgan fingerprint density at radius 2 is 1.74 bits per heavy atom. The highest BCUT2D eigenvalue weighted by molar-refractivity contribution is 6.30. The molecule has 0 unspecified atom stereocenters. The summed E-state index contributed by atoms with van der Waals surface area (Å²) in [7, 11) is 0. The lowest BCUT2D eigenvalue weighted by molar-refractivity contribution is -0.156. The van der Waals surface area contributed by atoms with Crippen molar-refractivity contribution in [1.82, 2.24) is 0 Å². The molecule has 0 bridgehead atoms. The summed E-state index contributed by atoms with van der Waals surface area (Å²) in [4.78, 5) is 12.0. The van der Waals surface area contributed by atoms with E-state index in [4.69, 9.17) is 26.8 Å². The molecule has 0 radical (unpaired) electrons. The summed E-state index contributed by atoms with van der Waals surface area (Å²) in [5, 5.41) is 0.603. The van der Waals surface area contributed by atoms with Crippen molar-refractivity contribution in [2.24, 2.45) is 17.6 Å². The van der Waals surface area contributed by atoms with Gasteiger partial charge in [0.05, 0.1) is 0 Å². The summed E-state index contributed by atoms with van der Waals surface area (Å²) >= 11 is 5.97. The Morgan fingerprint density at radius 1 is 1.13 bits per heavy atom. The molecule has 4 nitrogen and oxygen atoms in total. The van der Waals surface area contributed by atoms with Gasteiger partial charge in [0, 0.05) is 5.02 Å². The van der Waals surface area contributed by atoms with E-state index in [0.29, 0.717) is 10.8 Å². The fourth-order valence-electron chi connectivity index (χ4n) is 2.07. The van der Waals surface area contributed by atoms with Crippen LogP contribution in [0.25, 0.3) is 0 Å². The zero-order chi connectivity index (χ0) is 16.9. The lowest BCUT2D eigenvalue weighted by atomic mass is 10.0. The Hall–Kier alpha value is -0.970. The highest BCUT2D eigenvalue weighted by atomic mass is 35.5. The normalized spacial score (nSPS) is 14.8. The van der Waals surface area contributed by atoms with Crippen molar-refractivity contribution < 1.29 is 14.3 Å². The zero-order valence-corrected chi connectivity index (χ0v) is 15.9. The highest BCUT2D eigenvalue weighted by Gasteiger charge is 2.29. The van der Waals surface area contributed by atoms with Crippen molar-refractivity contribution in [3.63, 3.8) is 0 Å². The first-order chi connectivity index (χ1) is 10.2. The molecule has 0 aromatic heterocycles. The lowest BCUT2D eigenvalue weighted by Crippen LogP contribution is -2.43. The molecule has 1 aromatic carbocycles. The molecular weight excluding hydrogens is 337 g/mol. The molecule has 0 heterocycles. The lowest BCUT2D eigenvalue weighted by Gasteiger charge is -2.29. The van der Waals surface area contributed by atoms with Crippen molar-refractivity contribution in [1.29, 1.82) is 0 Å². The number of hydrogen-bond donors (Lipinski definition) is 1. The van der Waals surface area contributed by atoms with E-state index in [1.165, 1.54) is 0 Å². The highest BCUT2D eigenvalue weighted by Crippen LogP contribution is 2.23. The first-order valence-electron chi connectivity index (χ1n) is 7.60. The van der Waals surface area contributed by atoms with Crippen LogP contribution in [-0.2, 0) is 9.53 Å². The van der Waals surface area contributed by atoms with Crippen molar-refractivity contribution in [3.8, 4) is 5.75 Å². The molecule has 0 aliphatic rings. The van der Waals surface area contributed by atoms with Crippen LogP contribution in [0, 0.1) is 11.8 Å². The molecule has 2 N–H and O–H groups in total. The molecule has 0 spiro atoms. The van der Waals surface area contributed by atoms with E-state index < -0.39 is 18.1 Å². The fourth-order valence-corrected chi connectivity index (χ4v) is 2.25. The molecule has 1 rings (SSSR count). The van der Waals surface area contributed by atoms with Gasteiger partial charge in [-0.1, -0.05) is 45.4 Å². The Labute approximate surface area is 150 Å². The van der Waals surface area contributed by atoms with Gasteiger partial charge in [0.1, 0.15) is 24.0 Å². The molecule has 0 amide bonds. The van der Waals surface area contributed by atoms with Gasteiger partial charge in [0.25, 0.3) is 0 Å². The molecule has 6 heteroatoms. The number of benzene rings is 1. The summed E-state index contributed by atoms with van der Waals surface area (Å²) in [6, 6.07) is 6.55. The number of carbonyl (C=O) groups is 1. The molecule has 1 aromatic rings. The predicted molar refractivity (Wildman–Crippen MR) is 96.3 cm³/mol. The second kappa shape index (κ2) is 10.0. The van der Waals surface area contributed by atoms with Crippen LogP contribution in [-0.4, -0.2) is 24.2 Å². The molecule has 3 atom stereocenters. The topological polar surface area (TPSA) is 61.6 Å². The van der Waals surface area contributed by atoms with Crippen LogP contribution in [0.15, 0.2) is 24.3 Å². The second-order valence-corrected chi connectivity index (χ2v) is 6.63. The maximum absolute atomic E-state index is 12.0. The third-order valence-corrected chi connectivity index (χ3v) is 3.72. The number of rotatable bonds is 7. The fraction of sp³-hybridized carbons (Fsp3) is 0.588. The van der Waals surface area contributed by atoms with E-state index in [-0.39, 0.29) is 30.3 Å². The number of esters is 1. The minimum Gasteiger partial charge on any atom is -0.486 e. The second-order valence-electron chi connectivity index (χ2n) is 6.20. The van der Waals surface area contributed by atoms with E-state index in [2.05, 4.69) is 0 Å². The Bertz CT molecular complexity index is 494. The maximum Gasteiger partial charge on any atom is 0.323 e. The SMILES string of the molecule is CC(C)[C@H](N)C(=O)O[C@@H](C)[C@H](Oc1cccc(Cl)c1)C(C)C.Cl. The molecule has 0 saturated heterocycles. The predicted octanol–water partition coefficient (Wildman–Crippen LogP) is 4.08. The summed E-state index contributed by atoms with van der Waals surface area (Å²) in [6.45, 7) is 9.63. The van der Waals surface area contributed by atoms with Gasteiger partial charge in [0.2, 0.25) is 0 Å². The average molecular weight is 364 g/mol. The first-order valence-corrected chi connectivity index (χ1v) is 7.98. The zero-order valence-electron chi connectivity index (χ0n) is 14.3. The number of halogens is 2. The van der Waals surface area contributed by atoms with Crippen molar-refractivity contribution in [2.45, 2.75) is 52.9 Å². The van der Waals surface area contributed by atoms with Gasteiger partial charge in [0.15, 0.2) is 0 Å². The number of nitrogens with two attached hydrogens (primary N) is 1. The summed E-state index contributed by atoms with van der Waals surface area (Å²) in [6.07, 6.45) is -0.682. The van der Waals surface area contributed by atoms with Crippen LogP contribution in [0.2, 0.25) is 5.02 Å². The van der Waals surface area contributed by atoms with E-state index >= 15 is 0 Å². The van der Waals surface area contributed by atoms with E-state index in [1.54, 1.807) is 12.1 Å². The molecule has 23 heavy (non-hydrogen) atoms. The van der Waals surface area contributed by atoms with Crippen LogP contribution in [0.1, 0.15) is 34.6 Å². The maximum atomic E-state index is 12.0. The monoisotopic (exact) mass is 363 g/mol. The van der Waals surface area contributed by atoms with Crippen LogP contribution in [0.4, 0.5) is 0 Å². The minimum atomic E-state index is -0.624. The van der Waals surface area contributed by atoms with E-state index in [1.807, 2.05) is 46.8 Å². The number of hydrogen-bond acceptors (Lipinski definition) is 4. The summed E-state index contributed by atoms with van der Waals surface area (Å²) in [5.74, 6) is 0.452. The Kier molecular flexibility index (Phi) is 9.59. The quantitative estimate of drug-likeness (QED) is 0.741. The molecular formula is C17H27Cl2NO3. The summed E-state index contributed by atoms with van der Waals surface area (Å²) < 4.78 is 11.4. The molecule has 0 aliphatic heterocycles. The molecule has 0 saturated carbocycles. The van der Waals surface area contributed by atoms with E-state index in [9.17, 15) is 4.79 Å². The van der Waals surface area contributed by atoms with Crippen LogP contribution in [0.5, 0.6) is 5.75 Å². The molecule has 0 aliphatic carbocycles. The van der Waals surface area contributed by atoms with Crippen LogP contribution < -0.4 is 10.5 Å². The smallest absolute Gasteiger partial charge is 0.323 e. The Balaban J connectivity index is 0.00000484. The van der Waals surface area contributed by atoms with Crippen LogP contribution >= 0.6 is 24.0 Å². The third-order valence-electron chi connectivity index (χ3n) is 3.48. The standard InChI is InChI=1S/C17H26ClNO3.ClH/c1-10(2)15(19)17(20)21-12(5)16(11(3)4)22-14-8-6-7-13(18)9-14;/h6-12,15-16H,19H2,1-5H3;1H/t12-,15-,16+;/m0./s1. The van der Waals surface area contributed by atoms with Crippen molar-refractivity contribution in [3.05, 3.63) is 29.3 Å². The third kappa shape index (κ3) is 6.98. The minimum absolute atomic E-state index is 0. The molecule has 0 fully saturated rings.